The van der Waals surface area contributed by atoms with Gasteiger partial charge in [0.05, 0.1) is 19.1 Å². The number of halogens is 1. The molecule has 0 spiro atoms. The summed E-state index contributed by atoms with van der Waals surface area (Å²) in [5.41, 5.74) is 0.965. The average Bonchev–Trinajstić information content (AvgIpc) is 2.29. The Labute approximate surface area is 100 Å². The highest BCUT2D eigenvalue weighted by atomic mass is 35.5. The Morgan fingerprint density at radius 3 is 3.00 bits per heavy atom. The molecule has 0 aliphatic heterocycles. The summed E-state index contributed by atoms with van der Waals surface area (Å²) in [6, 6.07) is 5.79. The van der Waals surface area contributed by atoms with E-state index in [2.05, 4.69) is 16.0 Å². The van der Waals surface area contributed by atoms with Crippen molar-refractivity contribution in [2.75, 3.05) is 31.7 Å². The van der Waals surface area contributed by atoms with Crippen LogP contribution in [0.5, 0.6) is 0 Å². The summed E-state index contributed by atoms with van der Waals surface area (Å²) in [5, 5.41) is 9.05. The van der Waals surface area contributed by atoms with Gasteiger partial charge in [0, 0.05) is 32.1 Å². The van der Waals surface area contributed by atoms with Crippen LogP contribution >= 0.6 is 11.6 Å². The number of methoxy groups -OCH3 is 1. The molecule has 5 heteroatoms. The Kier molecular flexibility index (Phi) is 5.62. The molecule has 0 radical (unpaired) electrons. The number of aromatic nitrogens is 1. The molecule has 0 unspecified atom stereocenters. The molecule has 0 fully saturated rings. The summed E-state index contributed by atoms with van der Waals surface area (Å²) in [4.78, 5) is 5.98. The number of hydrogen-bond donors (Lipinski definition) is 0. The van der Waals surface area contributed by atoms with Crippen molar-refractivity contribution < 1.29 is 4.74 Å². The second-order valence-corrected chi connectivity index (χ2v) is 3.61. The van der Waals surface area contributed by atoms with Gasteiger partial charge in [0.25, 0.3) is 0 Å². The summed E-state index contributed by atoms with van der Waals surface area (Å²) in [6.45, 7) is 2.02. The van der Waals surface area contributed by atoms with E-state index in [-0.39, 0.29) is 0 Å². The fraction of sp³-hybridized carbons (Fsp3) is 0.455. The van der Waals surface area contributed by atoms with Gasteiger partial charge >= 0.3 is 0 Å². The highest BCUT2D eigenvalue weighted by molar-refractivity contribution is 6.29. The maximum Gasteiger partial charge on any atom is 0.131 e. The zero-order valence-corrected chi connectivity index (χ0v) is 9.94. The summed E-state index contributed by atoms with van der Waals surface area (Å²) in [7, 11) is 1.65. The minimum atomic E-state index is 0.455. The molecule has 0 saturated heterocycles. The molecule has 4 nitrogen and oxygen atoms in total. The van der Waals surface area contributed by atoms with Gasteiger partial charge in [-0.15, -0.1) is 0 Å². The van der Waals surface area contributed by atoms with Crippen LogP contribution in [0.3, 0.4) is 0 Å². The molecule has 1 aromatic heterocycles. The molecule has 1 aromatic rings. The molecule has 0 atom stereocenters. The normalized spacial score (nSPS) is 9.81. The van der Waals surface area contributed by atoms with Crippen molar-refractivity contribution >= 4 is 17.3 Å². The van der Waals surface area contributed by atoms with E-state index in [1.54, 1.807) is 19.4 Å². The van der Waals surface area contributed by atoms with Gasteiger partial charge in [-0.25, -0.2) is 4.98 Å². The molecular weight excluding hydrogens is 226 g/mol. The third kappa shape index (κ3) is 4.05. The summed E-state index contributed by atoms with van der Waals surface area (Å²) in [6.07, 6.45) is 2.13. The van der Waals surface area contributed by atoms with Crippen molar-refractivity contribution in [3.8, 4) is 6.07 Å². The first kappa shape index (κ1) is 12.8. The van der Waals surface area contributed by atoms with Gasteiger partial charge in [-0.05, 0) is 12.1 Å². The van der Waals surface area contributed by atoms with E-state index in [0.717, 1.165) is 12.2 Å². The minimum absolute atomic E-state index is 0.455. The van der Waals surface area contributed by atoms with Crippen LogP contribution in [0, 0.1) is 11.3 Å². The van der Waals surface area contributed by atoms with E-state index in [1.165, 1.54) is 0 Å². The molecule has 0 aliphatic carbocycles. The Balaban J connectivity index is 2.70. The van der Waals surface area contributed by atoms with Crippen LogP contribution in [-0.2, 0) is 4.74 Å². The Morgan fingerprint density at radius 2 is 2.38 bits per heavy atom. The van der Waals surface area contributed by atoms with E-state index >= 15 is 0 Å². The predicted octanol–water partition coefficient (Wildman–Crippen LogP) is 2.10. The van der Waals surface area contributed by atoms with Gasteiger partial charge < -0.3 is 9.64 Å². The van der Waals surface area contributed by atoms with Gasteiger partial charge in [-0.3, -0.25) is 0 Å². The first-order valence-corrected chi connectivity index (χ1v) is 5.38. The van der Waals surface area contributed by atoms with Crippen LogP contribution in [0.4, 0.5) is 5.69 Å². The smallest absolute Gasteiger partial charge is 0.131 e. The van der Waals surface area contributed by atoms with Gasteiger partial charge in [-0.1, -0.05) is 11.6 Å². The van der Waals surface area contributed by atoms with Crippen molar-refractivity contribution in [2.24, 2.45) is 0 Å². The summed E-state index contributed by atoms with van der Waals surface area (Å²) in [5.74, 6) is 0. The first-order chi connectivity index (χ1) is 7.77. The molecule has 0 saturated carbocycles. The molecular formula is C11H14ClN3O. The van der Waals surface area contributed by atoms with Crippen LogP contribution < -0.4 is 4.90 Å². The number of rotatable bonds is 6. The Bertz CT molecular complexity index is 364. The third-order valence-electron chi connectivity index (χ3n) is 2.13. The minimum Gasteiger partial charge on any atom is -0.383 e. The van der Waals surface area contributed by atoms with Crippen LogP contribution in [0.1, 0.15) is 6.42 Å². The van der Waals surface area contributed by atoms with Crippen molar-refractivity contribution in [1.29, 1.82) is 5.26 Å². The van der Waals surface area contributed by atoms with Crippen molar-refractivity contribution in [2.45, 2.75) is 6.42 Å². The molecule has 16 heavy (non-hydrogen) atoms. The lowest BCUT2D eigenvalue weighted by Gasteiger charge is -2.23. The molecule has 1 heterocycles. The molecule has 0 amide bonds. The van der Waals surface area contributed by atoms with Crippen molar-refractivity contribution in [1.82, 2.24) is 4.98 Å². The molecule has 0 aliphatic rings. The molecule has 0 bridgehead atoms. The zero-order chi connectivity index (χ0) is 11.8. The number of nitrogens with zero attached hydrogens (tertiary/aromatic N) is 3. The largest absolute Gasteiger partial charge is 0.383 e. The topological polar surface area (TPSA) is 49.1 Å². The Hall–Kier alpha value is -1.31. The van der Waals surface area contributed by atoms with E-state index < -0.39 is 0 Å². The standard InChI is InChI=1S/C11H14ClN3O/c1-16-8-7-15(6-2-4-13)10-3-5-14-11(12)9-10/h3,5,9H,2,6-8H2,1H3. The van der Waals surface area contributed by atoms with E-state index in [9.17, 15) is 0 Å². The number of pyridine rings is 1. The second-order valence-electron chi connectivity index (χ2n) is 3.22. The molecule has 1 rings (SSSR count). The number of anilines is 1. The maximum atomic E-state index is 8.60. The Morgan fingerprint density at radius 1 is 1.56 bits per heavy atom. The van der Waals surface area contributed by atoms with Gasteiger partial charge in [0.2, 0.25) is 0 Å². The second kappa shape index (κ2) is 7.04. The highest BCUT2D eigenvalue weighted by Gasteiger charge is 2.06. The fourth-order valence-corrected chi connectivity index (χ4v) is 1.51. The molecule has 0 aromatic carbocycles. The monoisotopic (exact) mass is 239 g/mol. The molecule has 86 valence electrons. The van der Waals surface area contributed by atoms with Crippen molar-refractivity contribution in [3.05, 3.63) is 23.5 Å². The van der Waals surface area contributed by atoms with E-state index in [4.69, 9.17) is 21.6 Å². The lowest BCUT2D eigenvalue weighted by atomic mass is 10.3. The first-order valence-electron chi connectivity index (χ1n) is 5.00. The maximum absolute atomic E-state index is 8.60. The fourth-order valence-electron chi connectivity index (χ4n) is 1.35. The van der Waals surface area contributed by atoms with Gasteiger partial charge in [0.1, 0.15) is 5.15 Å². The van der Waals surface area contributed by atoms with Crippen LogP contribution in [0.2, 0.25) is 5.15 Å². The highest BCUT2D eigenvalue weighted by Crippen LogP contribution is 2.17. The van der Waals surface area contributed by atoms with E-state index in [1.807, 2.05) is 6.07 Å². The summed E-state index contributed by atoms with van der Waals surface area (Å²) >= 11 is 5.82. The number of ether oxygens (including phenoxy) is 1. The SMILES string of the molecule is COCCN(CCC#N)c1ccnc(Cl)c1. The quantitative estimate of drug-likeness (QED) is 0.714. The average molecular weight is 240 g/mol. The third-order valence-corrected chi connectivity index (χ3v) is 2.34. The summed E-state index contributed by atoms with van der Waals surface area (Å²) < 4.78 is 5.03. The van der Waals surface area contributed by atoms with Gasteiger partial charge in [0.15, 0.2) is 0 Å². The van der Waals surface area contributed by atoms with E-state index in [0.29, 0.717) is 24.7 Å². The van der Waals surface area contributed by atoms with Crippen LogP contribution in [-0.4, -0.2) is 31.8 Å². The number of nitriles is 1. The lowest BCUT2D eigenvalue weighted by Crippen LogP contribution is -2.28. The van der Waals surface area contributed by atoms with Crippen molar-refractivity contribution in [3.63, 3.8) is 0 Å². The molecule has 0 N–H and O–H groups in total. The number of hydrogen-bond acceptors (Lipinski definition) is 4. The zero-order valence-electron chi connectivity index (χ0n) is 9.19. The lowest BCUT2D eigenvalue weighted by molar-refractivity contribution is 0.205. The van der Waals surface area contributed by atoms with Gasteiger partial charge in [-0.2, -0.15) is 5.26 Å². The van der Waals surface area contributed by atoms with Crippen LogP contribution in [0.15, 0.2) is 18.3 Å². The predicted molar refractivity (Wildman–Crippen MR) is 63.6 cm³/mol. The van der Waals surface area contributed by atoms with Crippen LogP contribution in [0.25, 0.3) is 0 Å².